The van der Waals surface area contributed by atoms with Crippen molar-refractivity contribution in [3.8, 4) is 0 Å². The Morgan fingerprint density at radius 2 is 1.93 bits per heavy atom. The van der Waals surface area contributed by atoms with Gasteiger partial charge >= 0.3 is 0 Å². The number of rotatable bonds is 7. The molecule has 4 rings (SSSR count). The predicted octanol–water partition coefficient (Wildman–Crippen LogP) is 3.23. The standard InChI is InChI=1S/C24H29N3O2/c1-2-27(24(29)20-11-13-25-14-12-20)15-21-23(22(16-28)26-21)19-9-7-18(8-10-19)17-5-3-4-6-17/h5,7-14,21-23,26,28H,2-4,6,15-16H2,1H3/t21-,22+,23-/m0/s1. The number of nitrogens with one attached hydrogen (secondary N) is 1. The lowest BCUT2D eigenvalue weighted by molar-refractivity contribution is 0.0641. The van der Waals surface area contributed by atoms with Gasteiger partial charge in [0.25, 0.3) is 5.91 Å². The van der Waals surface area contributed by atoms with E-state index in [2.05, 4.69) is 40.6 Å². The van der Waals surface area contributed by atoms with Crippen LogP contribution in [-0.2, 0) is 0 Å². The van der Waals surface area contributed by atoms with Gasteiger partial charge in [0.1, 0.15) is 0 Å². The van der Waals surface area contributed by atoms with Gasteiger partial charge in [-0.1, -0.05) is 30.3 Å². The third-order valence-corrected chi connectivity index (χ3v) is 6.21. The van der Waals surface area contributed by atoms with Gasteiger partial charge < -0.3 is 15.3 Å². The molecular weight excluding hydrogens is 362 g/mol. The molecule has 1 aliphatic carbocycles. The summed E-state index contributed by atoms with van der Waals surface area (Å²) < 4.78 is 0. The molecule has 2 aromatic rings. The highest BCUT2D eigenvalue weighted by atomic mass is 16.3. The highest BCUT2D eigenvalue weighted by Crippen LogP contribution is 2.34. The van der Waals surface area contributed by atoms with E-state index in [1.54, 1.807) is 24.5 Å². The minimum Gasteiger partial charge on any atom is -0.395 e. The molecule has 2 aliphatic rings. The van der Waals surface area contributed by atoms with Crippen LogP contribution in [0, 0.1) is 0 Å². The third-order valence-electron chi connectivity index (χ3n) is 6.21. The minimum atomic E-state index is 0.0198. The first-order valence-corrected chi connectivity index (χ1v) is 10.6. The van der Waals surface area contributed by atoms with Crippen molar-refractivity contribution in [1.82, 2.24) is 15.2 Å². The third kappa shape index (κ3) is 4.11. The number of allylic oxidation sites excluding steroid dienone is 2. The molecule has 29 heavy (non-hydrogen) atoms. The number of aromatic nitrogens is 1. The Balaban J connectivity index is 1.48. The van der Waals surface area contributed by atoms with Crippen LogP contribution < -0.4 is 5.32 Å². The van der Waals surface area contributed by atoms with E-state index >= 15 is 0 Å². The number of hydrogen-bond acceptors (Lipinski definition) is 4. The van der Waals surface area contributed by atoms with E-state index in [1.807, 2.05) is 11.8 Å². The van der Waals surface area contributed by atoms with Crippen molar-refractivity contribution in [2.45, 2.75) is 44.2 Å². The van der Waals surface area contributed by atoms with E-state index in [-0.39, 0.29) is 30.5 Å². The second-order valence-electron chi connectivity index (χ2n) is 7.91. The maximum Gasteiger partial charge on any atom is 0.254 e. The van der Waals surface area contributed by atoms with Crippen LogP contribution in [0.25, 0.3) is 5.57 Å². The topological polar surface area (TPSA) is 65.5 Å². The van der Waals surface area contributed by atoms with E-state index in [0.29, 0.717) is 18.7 Å². The molecule has 0 bridgehead atoms. The molecule has 0 radical (unpaired) electrons. The number of carbonyl (C=O) groups excluding carboxylic acids is 1. The van der Waals surface area contributed by atoms with Gasteiger partial charge in [0, 0.05) is 49.0 Å². The van der Waals surface area contributed by atoms with Gasteiger partial charge in [0.05, 0.1) is 6.61 Å². The Morgan fingerprint density at radius 3 is 2.55 bits per heavy atom. The number of carbonyl (C=O) groups is 1. The monoisotopic (exact) mass is 391 g/mol. The van der Waals surface area contributed by atoms with Crippen molar-refractivity contribution in [3.05, 3.63) is 71.6 Å². The number of likely N-dealkylation sites (N-methyl/N-ethyl adjacent to an activating group) is 1. The van der Waals surface area contributed by atoms with Crippen LogP contribution >= 0.6 is 0 Å². The molecule has 2 N–H and O–H groups in total. The quantitative estimate of drug-likeness (QED) is 0.761. The molecule has 2 heterocycles. The first kappa shape index (κ1) is 19.8. The van der Waals surface area contributed by atoms with E-state index in [9.17, 15) is 9.90 Å². The van der Waals surface area contributed by atoms with Gasteiger partial charge in [0.2, 0.25) is 0 Å². The van der Waals surface area contributed by atoms with Gasteiger partial charge in [-0.05, 0) is 55.0 Å². The van der Waals surface area contributed by atoms with Crippen molar-refractivity contribution < 1.29 is 9.90 Å². The summed E-state index contributed by atoms with van der Waals surface area (Å²) in [6.07, 6.45) is 9.22. The summed E-state index contributed by atoms with van der Waals surface area (Å²) in [6, 6.07) is 12.5. The van der Waals surface area contributed by atoms with Crippen molar-refractivity contribution in [2.75, 3.05) is 19.7 Å². The number of aliphatic hydroxyl groups is 1. The van der Waals surface area contributed by atoms with E-state index in [1.165, 1.54) is 29.5 Å². The lowest BCUT2D eigenvalue weighted by atomic mass is 9.77. The highest BCUT2D eigenvalue weighted by Gasteiger charge is 2.42. The largest absolute Gasteiger partial charge is 0.395 e. The second kappa shape index (κ2) is 8.89. The lowest BCUT2D eigenvalue weighted by Crippen LogP contribution is -2.65. The number of nitrogens with zero attached hydrogens (tertiary/aromatic N) is 2. The van der Waals surface area contributed by atoms with Crippen molar-refractivity contribution in [3.63, 3.8) is 0 Å². The summed E-state index contributed by atoms with van der Waals surface area (Å²) in [6.45, 7) is 3.35. The van der Waals surface area contributed by atoms with Crippen LogP contribution in [0.4, 0.5) is 0 Å². The Morgan fingerprint density at radius 1 is 1.17 bits per heavy atom. The van der Waals surface area contributed by atoms with E-state index < -0.39 is 0 Å². The van der Waals surface area contributed by atoms with E-state index in [0.717, 1.165) is 6.42 Å². The normalized spacial score (nSPS) is 23.4. The van der Waals surface area contributed by atoms with Crippen molar-refractivity contribution in [1.29, 1.82) is 0 Å². The van der Waals surface area contributed by atoms with Crippen LogP contribution in [-0.4, -0.2) is 52.7 Å². The van der Waals surface area contributed by atoms with E-state index in [4.69, 9.17) is 0 Å². The molecule has 1 fully saturated rings. The van der Waals surface area contributed by atoms with Crippen LogP contribution in [0.2, 0.25) is 0 Å². The Bertz CT molecular complexity index is 863. The molecule has 0 saturated carbocycles. The molecule has 1 aliphatic heterocycles. The van der Waals surface area contributed by atoms with Crippen molar-refractivity contribution in [2.24, 2.45) is 0 Å². The van der Waals surface area contributed by atoms with Gasteiger partial charge in [-0.15, -0.1) is 0 Å². The van der Waals surface area contributed by atoms with Gasteiger partial charge in [0.15, 0.2) is 0 Å². The summed E-state index contributed by atoms with van der Waals surface area (Å²) in [5.74, 6) is 0.220. The molecule has 5 heteroatoms. The Hall–Kier alpha value is -2.50. The molecule has 0 spiro atoms. The average molecular weight is 392 g/mol. The molecule has 152 valence electrons. The van der Waals surface area contributed by atoms with Crippen LogP contribution in [0.3, 0.4) is 0 Å². The molecular formula is C24H29N3O2. The molecule has 0 unspecified atom stereocenters. The number of pyridine rings is 1. The fourth-order valence-electron chi connectivity index (χ4n) is 4.56. The zero-order valence-electron chi connectivity index (χ0n) is 16.9. The molecule has 3 atom stereocenters. The fourth-order valence-corrected chi connectivity index (χ4v) is 4.56. The predicted molar refractivity (Wildman–Crippen MR) is 115 cm³/mol. The molecule has 5 nitrogen and oxygen atoms in total. The van der Waals surface area contributed by atoms with Crippen LogP contribution in [0.5, 0.6) is 0 Å². The zero-order chi connectivity index (χ0) is 20.2. The molecule has 1 aromatic heterocycles. The Kier molecular flexibility index (Phi) is 6.07. The van der Waals surface area contributed by atoms with Gasteiger partial charge in [-0.2, -0.15) is 0 Å². The summed E-state index contributed by atoms with van der Waals surface area (Å²) >= 11 is 0. The maximum absolute atomic E-state index is 12.9. The van der Waals surface area contributed by atoms with Gasteiger partial charge in [-0.3, -0.25) is 9.78 Å². The van der Waals surface area contributed by atoms with Crippen LogP contribution in [0.1, 0.15) is 53.6 Å². The van der Waals surface area contributed by atoms with Crippen LogP contribution in [0.15, 0.2) is 54.9 Å². The highest BCUT2D eigenvalue weighted by molar-refractivity contribution is 5.94. The van der Waals surface area contributed by atoms with Crippen molar-refractivity contribution >= 4 is 11.5 Å². The summed E-state index contributed by atoms with van der Waals surface area (Å²) in [4.78, 5) is 18.7. The maximum atomic E-state index is 12.9. The first-order chi connectivity index (χ1) is 14.2. The molecule has 1 amide bonds. The molecule has 1 saturated heterocycles. The number of hydrogen-bond donors (Lipinski definition) is 2. The number of amides is 1. The second-order valence-corrected chi connectivity index (χ2v) is 7.91. The lowest BCUT2D eigenvalue weighted by Gasteiger charge is -2.47. The summed E-state index contributed by atoms with van der Waals surface area (Å²) in [5, 5.41) is 13.2. The fraction of sp³-hybridized carbons (Fsp3) is 0.417. The smallest absolute Gasteiger partial charge is 0.254 e. The summed E-state index contributed by atoms with van der Waals surface area (Å²) in [7, 11) is 0. The SMILES string of the molecule is CCN(C[C@@H]1N[C@H](CO)[C@H]1c1ccc(C2=CCCC2)cc1)C(=O)c1ccncc1. The molecule has 1 aromatic carbocycles. The Labute approximate surface area is 172 Å². The number of aliphatic hydroxyl groups excluding tert-OH is 1. The minimum absolute atomic E-state index is 0.0198. The summed E-state index contributed by atoms with van der Waals surface area (Å²) in [5.41, 5.74) is 4.63. The van der Waals surface area contributed by atoms with Gasteiger partial charge in [-0.25, -0.2) is 0 Å². The average Bonchev–Trinajstić information content (AvgIpc) is 3.29. The first-order valence-electron chi connectivity index (χ1n) is 10.6. The zero-order valence-corrected chi connectivity index (χ0v) is 16.9. The number of benzene rings is 1.